The van der Waals surface area contributed by atoms with Crippen LogP contribution < -0.4 is 14.8 Å². The summed E-state index contributed by atoms with van der Waals surface area (Å²) >= 11 is 5.89. The van der Waals surface area contributed by atoms with Crippen LogP contribution in [0.5, 0.6) is 17.5 Å². The standard InChI is InChI=1S/C21H22ClF2N5O5S/c1-12-7-17-26-14(18(30)27-21(2)3-5-35(31,32)6-4-21)10-29(17)28-19(12)34-20-15(33-11-16(23)24)8-13(22)9-25-20/h7-10,16H,3-6,11H2,1-2H3,(H,27,30). The van der Waals surface area contributed by atoms with Gasteiger partial charge < -0.3 is 14.8 Å². The van der Waals surface area contributed by atoms with Crippen molar-refractivity contribution in [1.29, 1.82) is 0 Å². The van der Waals surface area contributed by atoms with Gasteiger partial charge >= 0.3 is 0 Å². The summed E-state index contributed by atoms with van der Waals surface area (Å²) in [5, 5.41) is 7.36. The monoisotopic (exact) mass is 529 g/mol. The van der Waals surface area contributed by atoms with E-state index in [1.54, 1.807) is 19.9 Å². The van der Waals surface area contributed by atoms with Crippen LogP contribution in [0.4, 0.5) is 8.78 Å². The van der Waals surface area contributed by atoms with Crippen LogP contribution in [0.1, 0.15) is 35.8 Å². The van der Waals surface area contributed by atoms with Gasteiger partial charge in [-0.15, -0.1) is 5.10 Å². The van der Waals surface area contributed by atoms with Gasteiger partial charge in [0.05, 0.1) is 22.7 Å². The van der Waals surface area contributed by atoms with Crippen molar-refractivity contribution in [3.63, 3.8) is 0 Å². The minimum absolute atomic E-state index is 0.0120. The lowest BCUT2D eigenvalue weighted by Crippen LogP contribution is -2.51. The number of sulfone groups is 1. The maximum absolute atomic E-state index is 12.8. The molecule has 35 heavy (non-hydrogen) atoms. The number of imidazole rings is 1. The minimum Gasteiger partial charge on any atom is -0.482 e. The highest BCUT2D eigenvalue weighted by Crippen LogP contribution is 2.32. The molecule has 0 unspecified atom stereocenters. The zero-order valence-corrected chi connectivity index (χ0v) is 20.4. The van der Waals surface area contributed by atoms with E-state index in [0.717, 1.165) is 0 Å². The second-order valence-corrected chi connectivity index (χ2v) is 11.2. The molecule has 0 bridgehead atoms. The molecule has 1 saturated heterocycles. The molecule has 14 heteroatoms. The molecule has 0 aliphatic carbocycles. The Labute approximate surface area is 204 Å². The highest BCUT2D eigenvalue weighted by molar-refractivity contribution is 7.91. The molecule has 0 radical (unpaired) electrons. The fraction of sp³-hybridized carbons (Fsp3) is 0.429. The molecule has 0 atom stereocenters. The number of fused-ring (bicyclic) bond motifs is 1. The summed E-state index contributed by atoms with van der Waals surface area (Å²) in [7, 11) is -3.08. The third kappa shape index (κ3) is 5.96. The minimum atomic E-state index is -3.08. The van der Waals surface area contributed by atoms with Crippen molar-refractivity contribution in [2.24, 2.45) is 0 Å². The molecule has 3 aromatic heterocycles. The molecule has 188 valence electrons. The van der Waals surface area contributed by atoms with E-state index >= 15 is 0 Å². The van der Waals surface area contributed by atoms with Gasteiger partial charge in [-0.2, -0.15) is 0 Å². The molecule has 1 aliphatic rings. The molecule has 1 N–H and O–H groups in total. The van der Waals surface area contributed by atoms with Gasteiger partial charge in [-0.25, -0.2) is 31.7 Å². The first-order valence-corrected chi connectivity index (χ1v) is 12.8. The second kappa shape index (κ2) is 9.53. The van der Waals surface area contributed by atoms with Crippen molar-refractivity contribution in [2.45, 2.75) is 38.7 Å². The number of aromatic nitrogens is 4. The Balaban J connectivity index is 1.55. The first-order valence-electron chi connectivity index (χ1n) is 10.6. The summed E-state index contributed by atoms with van der Waals surface area (Å²) < 4.78 is 60.7. The van der Waals surface area contributed by atoms with E-state index in [1.807, 2.05) is 0 Å². The Morgan fingerprint density at radius 2 is 2.00 bits per heavy atom. The fourth-order valence-electron chi connectivity index (χ4n) is 3.49. The van der Waals surface area contributed by atoms with Crippen LogP contribution in [-0.4, -0.2) is 64.0 Å². The molecule has 3 aromatic rings. The van der Waals surface area contributed by atoms with Crippen LogP contribution in [0, 0.1) is 6.92 Å². The van der Waals surface area contributed by atoms with Gasteiger partial charge in [0.1, 0.15) is 22.1 Å². The van der Waals surface area contributed by atoms with Crippen molar-refractivity contribution in [2.75, 3.05) is 18.1 Å². The Morgan fingerprint density at radius 1 is 1.29 bits per heavy atom. The van der Waals surface area contributed by atoms with E-state index in [1.165, 1.54) is 23.0 Å². The molecule has 4 rings (SSSR count). The highest BCUT2D eigenvalue weighted by Gasteiger charge is 2.35. The van der Waals surface area contributed by atoms with Gasteiger partial charge in [0.25, 0.3) is 18.2 Å². The molecular formula is C21H22ClF2N5O5S. The third-order valence-corrected chi connectivity index (χ3v) is 7.38. The number of alkyl halides is 2. The number of ether oxygens (including phenoxy) is 2. The average molecular weight is 530 g/mol. The van der Waals surface area contributed by atoms with Crippen molar-refractivity contribution in [3.05, 3.63) is 40.8 Å². The summed E-state index contributed by atoms with van der Waals surface area (Å²) in [6, 6.07) is 2.93. The smallest absolute Gasteiger partial charge is 0.272 e. The maximum Gasteiger partial charge on any atom is 0.272 e. The van der Waals surface area contributed by atoms with E-state index in [4.69, 9.17) is 21.1 Å². The third-order valence-electron chi connectivity index (χ3n) is 5.52. The molecule has 10 nitrogen and oxygen atoms in total. The molecular weight excluding hydrogens is 508 g/mol. The van der Waals surface area contributed by atoms with E-state index in [-0.39, 0.29) is 39.7 Å². The quantitative estimate of drug-likeness (QED) is 0.494. The van der Waals surface area contributed by atoms with Crippen molar-refractivity contribution >= 4 is 33.0 Å². The zero-order valence-electron chi connectivity index (χ0n) is 18.8. The average Bonchev–Trinajstić information content (AvgIpc) is 3.19. The Hall–Kier alpha value is -3.06. The van der Waals surface area contributed by atoms with Crippen LogP contribution in [0.3, 0.4) is 0 Å². The number of nitrogens with one attached hydrogen (secondary N) is 1. The van der Waals surface area contributed by atoms with Crippen LogP contribution in [0.2, 0.25) is 5.02 Å². The van der Waals surface area contributed by atoms with Crippen molar-refractivity contribution < 1.29 is 31.5 Å². The molecule has 1 amide bonds. The molecule has 0 saturated carbocycles. The zero-order chi connectivity index (χ0) is 25.4. The second-order valence-electron chi connectivity index (χ2n) is 8.49. The fourth-order valence-corrected chi connectivity index (χ4v) is 5.37. The number of rotatable bonds is 7. The first kappa shape index (κ1) is 25.0. The number of halogens is 3. The van der Waals surface area contributed by atoms with Crippen molar-refractivity contribution in [1.82, 2.24) is 24.9 Å². The van der Waals surface area contributed by atoms with Gasteiger partial charge in [0.15, 0.2) is 11.4 Å². The predicted molar refractivity (Wildman–Crippen MR) is 122 cm³/mol. The molecule has 4 heterocycles. The predicted octanol–water partition coefficient (Wildman–Crippen LogP) is 3.22. The molecule has 1 fully saturated rings. The summed E-state index contributed by atoms with van der Waals surface area (Å²) in [5.74, 6) is -0.533. The SMILES string of the molecule is Cc1cc2nc(C(=O)NC3(C)CCS(=O)(=O)CC3)cn2nc1Oc1ncc(Cl)cc1OCC(F)F. The number of carbonyl (C=O) groups is 1. The van der Waals surface area contributed by atoms with E-state index < -0.39 is 34.3 Å². The van der Waals surface area contributed by atoms with Gasteiger partial charge in [-0.05, 0) is 32.8 Å². The first-order chi connectivity index (χ1) is 16.4. The van der Waals surface area contributed by atoms with Gasteiger partial charge in [-0.1, -0.05) is 11.6 Å². The summed E-state index contributed by atoms with van der Waals surface area (Å²) in [6.07, 6.45) is 0.607. The van der Waals surface area contributed by atoms with Crippen LogP contribution in [0.25, 0.3) is 5.65 Å². The Bertz CT molecular complexity index is 1370. The summed E-state index contributed by atoms with van der Waals surface area (Å²) in [6.45, 7) is 2.63. The molecule has 1 aliphatic heterocycles. The Kier molecular flexibility index (Phi) is 6.82. The lowest BCUT2D eigenvalue weighted by Gasteiger charge is -2.34. The van der Waals surface area contributed by atoms with Crippen molar-refractivity contribution in [3.8, 4) is 17.5 Å². The number of aryl methyl sites for hydroxylation is 1. The highest BCUT2D eigenvalue weighted by atomic mass is 35.5. The number of pyridine rings is 1. The van der Waals surface area contributed by atoms with Gasteiger partial charge in [0.2, 0.25) is 5.88 Å². The van der Waals surface area contributed by atoms with Crippen LogP contribution in [0.15, 0.2) is 24.5 Å². The number of nitrogens with zero attached hydrogens (tertiary/aromatic N) is 4. The number of carbonyl (C=O) groups excluding carboxylic acids is 1. The molecule has 0 spiro atoms. The van der Waals surface area contributed by atoms with Gasteiger partial charge in [0, 0.05) is 23.4 Å². The number of amides is 1. The number of hydrogen-bond donors (Lipinski definition) is 1. The number of hydrogen-bond acceptors (Lipinski definition) is 8. The summed E-state index contributed by atoms with van der Waals surface area (Å²) in [5.41, 5.74) is 0.338. The van der Waals surface area contributed by atoms with E-state index in [2.05, 4.69) is 20.4 Å². The lowest BCUT2D eigenvalue weighted by molar-refractivity contribution is 0.0803. The largest absolute Gasteiger partial charge is 0.482 e. The van der Waals surface area contributed by atoms with E-state index in [0.29, 0.717) is 24.1 Å². The molecule has 0 aromatic carbocycles. The van der Waals surface area contributed by atoms with Crippen LogP contribution in [-0.2, 0) is 9.84 Å². The Morgan fingerprint density at radius 3 is 2.69 bits per heavy atom. The van der Waals surface area contributed by atoms with E-state index in [9.17, 15) is 22.0 Å². The topological polar surface area (TPSA) is 125 Å². The maximum atomic E-state index is 12.8. The summed E-state index contributed by atoms with van der Waals surface area (Å²) in [4.78, 5) is 21.1. The van der Waals surface area contributed by atoms with Gasteiger partial charge in [-0.3, -0.25) is 4.79 Å². The lowest BCUT2D eigenvalue weighted by atomic mass is 9.95. The normalized spacial score (nSPS) is 16.9. The van der Waals surface area contributed by atoms with Crippen LogP contribution >= 0.6 is 11.6 Å².